The van der Waals surface area contributed by atoms with Crippen LogP contribution in [-0.2, 0) is 4.79 Å². The Bertz CT molecular complexity index is 560. The van der Waals surface area contributed by atoms with Crippen LogP contribution in [0, 0.1) is 12.3 Å². The Hall–Kier alpha value is -1.13. The highest BCUT2D eigenvalue weighted by Crippen LogP contribution is 2.64. The van der Waals surface area contributed by atoms with Gasteiger partial charge in [0.2, 0.25) is 5.91 Å². The number of ether oxygens (including phenoxy) is 2. The standard InChI is InChI=1S/C14H17Cl2NO3/c1-8-5-10(19-3)11(20-4)6-9(8)17-12(18)13(2)7-14(13,15)16/h5-6H,7H2,1-4H3,(H,17,18). The minimum atomic E-state index is -0.985. The summed E-state index contributed by atoms with van der Waals surface area (Å²) in [7, 11) is 3.11. The van der Waals surface area contributed by atoms with Crippen LogP contribution in [0.5, 0.6) is 11.5 Å². The number of anilines is 1. The van der Waals surface area contributed by atoms with Crippen LogP contribution in [-0.4, -0.2) is 24.5 Å². The van der Waals surface area contributed by atoms with E-state index < -0.39 is 9.75 Å². The molecule has 2 rings (SSSR count). The number of benzene rings is 1. The van der Waals surface area contributed by atoms with Crippen molar-refractivity contribution in [3.05, 3.63) is 17.7 Å². The van der Waals surface area contributed by atoms with Gasteiger partial charge in [-0.05, 0) is 31.9 Å². The van der Waals surface area contributed by atoms with E-state index in [0.29, 0.717) is 23.6 Å². The molecule has 1 unspecified atom stereocenters. The van der Waals surface area contributed by atoms with Crippen LogP contribution < -0.4 is 14.8 Å². The average molecular weight is 318 g/mol. The quantitative estimate of drug-likeness (QED) is 0.864. The van der Waals surface area contributed by atoms with Gasteiger partial charge in [0, 0.05) is 11.8 Å². The maximum atomic E-state index is 12.3. The van der Waals surface area contributed by atoms with Crippen LogP contribution in [0.25, 0.3) is 0 Å². The second kappa shape index (κ2) is 5.01. The molecular formula is C14H17Cl2NO3. The van der Waals surface area contributed by atoms with Gasteiger partial charge >= 0.3 is 0 Å². The minimum Gasteiger partial charge on any atom is -0.493 e. The maximum absolute atomic E-state index is 12.3. The molecule has 1 aromatic carbocycles. The third-order valence-corrected chi connectivity index (χ3v) is 4.84. The monoisotopic (exact) mass is 317 g/mol. The summed E-state index contributed by atoms with van der Waals surface area (Å²) in [5, 5.41) is 2.85. The fourth-order valence-corrected chi connectivity index (χ4v) is 2.73. The van der Waals surface area contributed by atoms with E-state index in [-0.39, 0.29) is 5.91 Å². The normalized spacial score (nSPS) is 23.1. The van der Waals surface area contributed by atoms with Gasteiger partial charge in [-0.2, -0.15) is 0 Å². The highest BCUT2D eigenvalue weighted by atomic mass is 35.5. The summed E-state index contributed by atoms with van der Waals surface area (Å²) in [6, 6.07) is 3.53. The van der Waals surface area contributed by atoms with Gasteiger partial charge < -0.3 is 14.8 Å². The van der Waals surface area contributed by atoms with E-state index >= 15 is 0 Å². The molecule has 1 fully saturated rings. The Kier molecular flexibility index (Phi) is 3.82. The van der Waals surface area contributed by atoms with Gasteiger partial charge in [-0.25, -0.2) is 0 Å². The topological polar surface area (TPSA) is 47.6 Å². The van der Waals surface area contributed by atoms with E-state index in [2.05, 4.69) is 5.32 Å². The van der Waals surface area contributed by atoms with Gasteiger partial charge in [-0.15, -0.1) is 23.2 Å². The van der Waals surface area contributed by atoms with E-state index in [4.69, 9.17) is 32.7 Å². The van der Waals surface area contributed by atoms with Crippen molar-refractivity contribution in [2.75, 3.05) is 19.5 Å². The summed E-state index contributed by atoms with van der Waals surface area (Å²) in [6.07, 6.45) is 0.446. The summed E-state index contributed by atoms with van der Waals surface area (Å²) in [5.74, 6) is 0.972. The molecule has 1 atom stereocenters. The van der Waals surface area contributed by atoms with Crippen LogP contribution in [0.3, 0.4) is 0 Å². The van der Waals surface area contributed by atoms with E-state index in [9.17, 15) is 4.79 Å². The SMILES string of the molecule is COc1cc(C)c(NC(=O)C2(C)CC2(Cl)Cl)cc1OC. The molecule has 0 radical (unpaired) electrons. The Labute approximate surface area is 128 Å². The lowest BCUT2D eigenvalue weighted by Crippen LogP contribution is -2.26. The molecule has 20 heavy (non-hydrogen) atoms. The number of alkyl halides is 2. The maximum Gasteiger partial charge on any atom is 0.233 e. The van der Waals surface area contributed by atoms with E-state index in [0.717, 1.165) is 5.56 Å². The first-order chi connectivity index (χ1) is 9.25. The lowest BCUT2D eigenvalue weighted by molar-refractivity contribution is -0.120. The smallest absolute Gasteiger partial charge is 0.233 e. The molecule has 0 aromatic heterocycles. The van der Waals surface area contributed by atoms with Gasteiger partial charge in [-0.3, -0.25) is 4.79 Å². The number of hydrogen-bond acceptors (Lipinski definition) is 3. The van der Waals surface area contributed by atoms with Crippen molar-refractivity contribution in [3.63, 3.8) is 0 Å². The van der Waals surface area contributed by atoms with Crippen molar-refractivity contribution >= 4 is 34.8 Å². The van der Waals surface area contributed by atoms with Crippen LogP contribution in [0.15, 0.2) is 12.1 Å². The molecule has 1 aliphatic carbocycles. The number of amides is 1. The average Bonchev–Trinajstić information content (AvgIpc) is 2.91. The number of hydrogen-bond donors (Lipinski definition) is 1. The van der Waals surface area contributed by atoms with Crippen molar-refractivity contribution in [2.45, 2.75) is 24.6 Å². The fraction of sp³-hybridized carbons (Fsp3) is 0.500. The van der Waals surface area contributed by atoms with Crippen LogP contribution in [0.1, 0.15) is 18.9 Å². The summed E-state index contributed by atoms with van der Waals surface area (Å²) >= 11 is 12.0. The molecule has 1 N–H and O–H groups in total. The summed E-state index contributed by atoms with van der Waals surface area (Å²) < 4.78 is 9.45. The fourth-order valence-electron chi connectivity index (χ4n) is 2.02. The molecule has 6 heteroatoms. The van der Waals surface area contributed by atoms with Crippen molar-refractivity contribution < 1.29 is 14.3 Å². The number of rotatable bonds is 4. The van der Waals surface area contributed by atoms with Crippen molar-refractivity contribution in [1.82, 2.24) is 0 Å². The predicted octanol–water partition coefficient (Wildman–Crippen LogP) is 3.53. The molecule has 0 saturated heterocycles. The molecule has 1 aromatic rings. The molecule has 0 bridgehead atoms. The zero-order valence-electron chi connectivity index (χ0n) is 11.8. The molecule has 0 spiro atoms. The lowest BCUT2D eigenvalue weighted by atomic mass is 10.1. The molecule has 1 amide bonds. The summed E-state index contributed by atoms with van der Waals surface area (Å²) in [4.78, 5) is 12.3. The van der Waals surface area contributed by atoms with Gasteiger partial charge in [0.1, 0.15) is 4.33 Å². The molecule has 110 valence electrons. The van der Waals surface area contributed by atoms with Crippen molar-refractivity contribution in [3.8, 4) is 11.5 Å². The second-order valence-electron chi connectivity index (χ2n) is 5.19. The van der Waals surface area contributed by atoms with E-state index in [1.807, 2.05) is 6.92 Å². The number of aryl methyl sites for hydroxylation is 1. The zero-order valence-corrected chi connectivity index (χ0v) is 13.4. The third kappa shape index (κ3) is 2.42. The number of halogens is 2. The predicted molar refractivity (Wildman–Crippen MR) is 80.1 cm³/mol. The number of carbonyl (C=O) groups excluding carboxylic acids is 1. The first-order valence-corrected chi connectivity index (χ1v) is 6.92. The van der Waals surface area contributed by atoms with Crippen LogP contribution in [0.2, 0.25) is 0 Å². The van der Waals surface area contributed by atoms with Crippen LogP contribution >= 0.6 is 23.2 Å². The van der Waals surface area contributed by atoms with Crippen molar-refractivity contribution in [2.24, 2.45) is 5.41 Å². The lowest BCUT2D eigenvalue weighted by Gasteiger charge is -2.16. The summed E-state index contributed by atoms with van der Waals surface area (Å²) in [5.41, 5.74) is 0.773. The van der Waals surface area contributed by atoms with Gasteiger partial charge in [0.25, 0.3) is 0 Å². The number of methoxy groups -OCH3 is 2. The van der Waals surface area contributed by atoms with Gasteiger partial charge in [0.05, 0.1) is 19.6 Å². The first-order valence-electron chi connectivity index (χ1n) is 6.17. The Morgan fingerprint density at radius 2 is 1.75 bits per heavy atom. The Morgan fingerprint density at radius 3 is 2.20 bits per heavy atom. The Balaban J connectivity index is 2.24. The van der Waals surface area contributed by atoms with E-state index in [1.165, 1.54) is 0 Å². The minimum absolute atomic E-state index is 0.196. The molecule has 0 aliphatic heterocycles. The number of carbonyl (C=O) groups is 1. The third-order valence-electron chi connectivity index (χ3n) is 3.74. The molecular weight excluding hydrogens is 301 g/mol. The molecule has 1 saturated carbocycles. The highest BCUT2D eigenvalue weighted by Gasteiger charge is 2.67. The van der Waals surface area contributed by atoms with Crippen LogP contribution in [0.4, 0.5) is 5.69 Å². The molecule has 1 aliphatic rings. The van der Waals surface area contributed by atoms with Gasteiger partial charge in [0.15, 0.2) is 11.5 Å². The molecule has 4 nitrogen and oxygen atoms in total. The zero-order chi connectivity index (χ0) is 15.1. The van der Waals surface area contributed by atoms with Gasteiger partial charge in [-0.1, -0.05) is 0 Å². The first kappa shape index (κ1) is 15.3. The highest BCUT2D eigenvalue weighted by molar-refractivity contribution is 6.53. The van der Waals surface area contributed by atoms with E-state index in [1.54, 1.807) is 33.3 Å². The second-order valence-corrected chi connectivity index (χ2v) is 6.67. The largest absolute Gasteiger partial charge is 0.493 e. The molecule has 0 heterocycles. The Morgan fingerprint density at radius 1 is 1.25 bits per heavy atom. The summed E-state index contributed by atoms with van der Waals surface area (Å²) in [6.45, 7) is 3.62. The van der Waals surface area contributed by atoms with Crippen molar-refractivity contribution in [1.29, 1.82) is 0 Å². The number of nitrogens with one attached hydrogen (secondary N) is 1.